The molecule has 0 radical (unpaired) electrons. The molecule has 0 aromatic heterocycles. The largest absolute Gasteiger partial charge is 0.480 e. The molecule has 1 aliphatic rings. The van der Waals surface area contributed by atoms with E-state index in [9.17, 15) is 9.90 Å². The van der Waals surface area contributed by atoms with E-state index >= 15 is 0 Å². The van der Waals surface area contributed by atoms with Gasteiger partial charge in [0, 0.05) is 6.04 Å². The maximum Gasteiger partial charge on any atom is 0.321 e. The van der Waals surface area contributed by atoms with E-state index in [0.717, 1.165) is 12.8 Å². The number of hydrogen-bond donors (Lipinski definition) is 2. The van der Waals surface area contributed by atoms with E-state index < -0.39 is 12.0 Å². The van der Waals surface area contributed by atoms with Gasteiger partial charge in [-0.3, -0.25) is 4.79 Å². The van der Waals surface area contributed by atoms with Gasteiger partial charge in [0.1, 0.15) is 6.04 Å². The lowest BCUT2D eigenvalue weighted by Crippen LogP contribution is -2.43. The van der Waals surface area contributed by atoms with Gasteiger partial charge in [-0.25, -0.2) is 0 Å². The molecule has 1 saturated carbocycles. The van der Waals surface area contributed by atoms with Gasteiger partial charge in [-0.05, 0) is 24.7 Å². The second kappa shape index (κ2) is 6.93. The Hall–Kier alpha value is -0.830. The predicted octanol–water partition coefficient (Wildman–Crippen LogP) is 3.35. The van der Waals surface area contributed by atoms with Gasteiger partial charge in [-0.2, -0.15) is 0 Å². The van der Waals surface area contributed by atoms with Gasteiger partial charge < -0.3 is 10.4 Å². The number of carboxylic acid groups (broad SMARTS) is 1. The third-order valence-corrected chi connectivity index (χ3v) is 3.33. The average molecular weight is 253 g/mol. The van der Waals surface area contributed by atoms with E-state index in [2.05, 4.69) is 32.2 Å². The summed E-state index contributed by atoms with van der Waals surface area (Å²) in [5.41, 5.74) is 0.119. The second-order valence-corrected chi connectivity index (χ2v) is 6.40. The minimum atomic E-state index is -0.737. The summed E-state index contributed by atoms with van der Waals surface area (Å²) < 4.78 is 0. The summed E-state index contributed by atoms with van der Waals surface area (Å²) in [7, 11) is 0. The number of nitrogens with one attached hydrogen (secondary N) is 1. The van der Waals surface area contributed by atoms with Gasteiger partial charge >= 0.3 is 5.97 Å². The minimum Gasteiger partial charge on any atom is -0.480 e. The van der Waals surface area contributed by atoms with Crippen LogP contribution in [0.15, 0.2) is 12.2 Å². The third-order valence-electron chi connectivity index (χ3n) is 3.33. The van der Waals surface area contributed by atoms with Crippen LogP contribution in [0.25, 0.3) is 0 Å². The van der Waals surface area contributed by atoms with Gasteiger partial charge in [-0.1, -0.05) is 52.2 Å². The van der Waals surface area contributed by atoms with Gasteiger partial charge in [0.05, 0.1) is 0 Å². The number of carbonyl (C=O) groups is 1. The molecule has 0 spiro atoms. The van der Waals surface area contributed by atoms with Crippen LogP contribution in [0.5, 0.6) is 0 Å². The lowest BCUT2D eigenvalue weighted by Gasteiger charge is -2.26. The quantitative estimate of drug-likeness (QED) is 0.739. The molecular weight excluding hydrogens is 226 g/mol. The van der Waals surface area contributed by atoms with Crippen molar-refractivity contribution in [1.82, 2.24) is 5.32 Å². The fourth-order valence-corrected chi connectivity index (χ4v) is 2.35. The summed E-state index contributed by atoms with van der Waals surface area (Å²) in [5, 5.41) is 12.5. The van der Waals surface area contributed by atoms with E-state index in [1.165, 1.54) is 19.3 Å². The molecule has 1 aliphatic carbocycles. The van der Waals surface area contributed by atoms with E-state index in [0.29, 0.717) is 12.5 Å². The Morgan fingerprint density at radius 3 is 2.44 bits per heavy atom. The summed E-state index contributed by atoms with van der Waals surface area (Å²) in [6.07, 6.45) is 10.6. The number of rotatable bonds is 5. The van der Waals surface area contributed by atoms with Crippen LogP contribution in [0.2, 0.25) is 0 Å². The first-order chi connectivity index (χ1) is 8.38. The van der Waals surface area contributed by atoms with Crippen molar-refractivity contribution >= 4 is 5.97 Å². The highest BCUT2D eigenvalue weighted by Crippen LogP contribution is 2.19. The molecule has 0 aromatic carbocycles. The van der Waals surface area contributed by atoms with Crippen molar-refractivity contribution in [3.05, 3.63) is 12.2 Å². The Balaban J connectivity index is 2.44. The summed E-state index contributed by atoms with van der Waals surface area (Å²) >= 11 is 0. The summed E-state index contributed by atoms with van der Waals surface area (Å²) in [6.45, 7) is 6.36. The fraction of sp³-hybridized carbons (Fsp3) is 0.800. The first kappa shape index (κ1) is 15.2. The third kappa shape index (κ3) is 6.20. The van der Waals surface area contributed by atoms with Crippen LogP contribution < -0.4 is 5.32 Å². The number of carboxylic acids is 1. The maximum absolute atomic E-state index is 11.2. The van der Waals surface area contributed by atoms with E-state index in [1.54, 1.807) is 0 Å². The molecule has 0 aromatic rings. The second-order valence-electron chi connectivity index (χ2n) is 6.40. The van der Waals surface area contributed by atoms with Gasteiger partial charge in [0.25, 0.3) is 0 Å². The van der Waals surface area contributed by atoms with Gasteiger partial charge in [0.15, 0.2) is 0 Å². The minimum absolute atomic E-state index is 0.119. The number of hydrogen-bond acceptors (Lipinski definition) is 2. The van der Waals surface area contributed by atoms with Crippen LogP contribution in [0.1, 0.15) is 59.3 Å². The smallest absolute Gasteiger partial charge is 0.321 e. The lowest BCUT2D eigenvalue weighted by molar-refractivity contribution is -0.139. The Kier molecular flexibility index (Phi) is 5.86. The fourth-order valence-electron chi connectivity index (χ4n) is 2.35. The van der Waals surface area contributed by atoms with Crippen molar-refractivity contribution in [2.24, 2.45) is 5.41 Å². The Bertz CT molecular complexity index is 285. The van der Waals surface area contributed by atoms with Gasteiger partial charge in [0.2, 0.25) is 0 Å². The molecule has 3 heteroatoms. The molecule has 0 aliphatic heterocycles. The normalized spacial score (nSPS) is 20.2. The van der Waals surface area contributed by atoms with E-state index in [4.69, 9.17) is 0 Å². The lowest BCUT2D eigenvalue weighted by atomic mass is 9.93. The van der Waals surface area contributed by atoms with Crippen LogP contribution in [0.4, 0.5) is 0 Å². The first-order valence-corrected chi connectivity index (χ1v) is 7.05. The summed E-state index contributed by atoms with van der Waals surface area (Å²) in [5.74, 6) is -0.737. The molecule has 18 heavy (non-hydrogen) atoms. The molecule has 0 amide bonds. The summed E-state index contributed by atoms with van der Waals surface area (Å²) in [6, 6.07) is -0.0467. The monoisotopic (exact) mass is 253 g/mol. The molecule has 1 atom stereocenters. The molecule has 0 bridgehead atoms. The van der Waals surface area contributed by atoms with Crippen LogP contribution in [-0.4, -0.2) is 23.2 Å². The highest BCUT2D eigenvalue weighted by Gasteiger charge is 2.21. The van der Waals surface area contributed by atoms with Crippen LogP contribution in [-0.2, 0) is 4.79 Å². The van der Waals surface area contributed by atoms with Crippen LogP contribution >= 0.6 is 0 Å². The SMILES string of the molecule is CC(C)(C)C=CC[C@@H](NC1CCCCC1)C(=O)O. The van der Waals surface area contributed by atoms with E-state index in [1.807, 2.05) is 6.08 Å². The zero-order valence-electron chi connectivity index (χ0n) is 11.9. The van der Waals surface area contributed by atoms with Crippen molar-refractivity contribution < 1.29 is 9.90 Å². The van der Waals surface area contributed by atoms with Crippen LogP contribution in [0, 0.1) is 5.41 Å². The number of aliphatic carboxylic acids is 1. The maximum atomic E-state index is 11.2. The topological polar surface area (TPSA) is 49.3 Å². The standard InChI is InChI=1S/C15H27NO2/c1-15(2,3)11-7-10-13(14(17)18)16-12-8-5-4-6-9-12/h7,11-13,16H,4-6,8-10H2,1-3H3,(H,17,18)/t13-/m1/s1. The Morgan fingerprint density at radius 1 is 1.33 bits per heavy atom. The van der Waals surface area contributed by atoms with Crippen molar-refractivity contribution in [2.75, 3.05) is 0 Å². The summed E-state index contributed by atoms with van der Waals surface area (Å²) in [4.78, 5) is 11.2. The molecule has 0 heterocycles. The van der Waals surface area contributed by atoms with Crippen molar-refractivity contribution in [2.45, 2.75) is 71.4 Å². The van der Waals surface area contributed by atoms with E-state index in [-0.39, 0.29) is 5.41 Å². The van der Waals surface area contributed by atoms with Crippen molar-refractivity contribution in [3.63, 3.8) is 0 Å². The highest BCUT2D eigenvalue weighted by molar-refractivity contribution is 5.73. The predicted molar refractivity (Wildman–Crippen MR) is 74.6 cm³/mol. The Morgan fingerprint density at radius 2 is 1.94 bits per heavy atom. The van der Waals surface area contributed by atoms with Gasteiger partial charge in [-0.15, -0.1) is 0 Å². The zero-order valence-corrected chi connectivity index (χ0v) is 11.9. The molecule has 0 saturated heterocycles. The highest BCUT2D eigenvalue weighted by atomic mass is 16.4. The molecule has 1 rings (SSSR count). The van der Waals surface area contributed by atoms with Crippen LogP contribution in [0.3, 0.4) is 0 Å². The molecule has 104 valence electrons. The zero-order chi connectivity index (χ0) is 13.6. The number of allylic oxidation sites excluding steroid dienone is 1. The first-order valence-electron chi connectivity index (χ1n) is 7.05. The van der Waals surface area contributed by atoms with Crippen molar-refractivity contribution in [3.8, 4) is 0 Å². The molecule has 2 N–H and O–H groups in total. The Labute approximate surface area is 111 Å². The molecule has 1 fully saturated rings. The molecular formula is C15H27NO2. The molecule has 0 unspecified atom stereocenters. The molecule has 3 nitrogen and oxygen atoms in total. The average Bonchev–Trinajstić information content (AvgIpc) is 2.27. The van der Waals surface area contributed by atoms with Crippen molar-refractivity contribution in [1.29, 1.82) is 0 Å².